The Labute approximate surface area is 98.8 Å². The smallest absolute Gasteiger partial charge is 0.322 e. The van der Waals surface area contributed by atoms with Crippen LogP contribution < -0.4 is 5.32 Å². The van der Waals surface area contributed by atoms with Crippen LogP contribution in [0.15, 0.2) is 28.8 Å². The normalized spacial score (nSPS) is 11.5. The summed E-state index contributed by atoms with van der Waals surface area (Å²) in [6.45, 7) is 5.98. The van der Waals surface area contributed by atoms with Crippen LogP contribution in [-0.4, -0.2) is 15.7 Å². The summed E-state index contributed by atoms with van der Waals surface area (Å²) in [7, 11) is 0. The molecule has 2 aromatic rings. The third kappa shape index (κ3) is 3.03. The maximum Gasteiger partial charge on any atom is 0.322 e. The van der Waals surface area contributed by atoms with Gasteiger partial charge in [-0.3, -0.25) is 0 Å². The number of anilines is 1. The van der Waals surface area contributed by atoms with Gasteiger partial charge in [-0.25, -0.2) is 4.39 Å². The lowest BCUT2D eigenvalue weighted by atomic mass is 10.1. The van der Waals surface area contributed by atoms with E-state index in [0.717, 1.165) is 5.56 Å². The van der Waals surface area contributed by atoms with Crippen molar-refractivity contribution in [2.24, 2.45) is 0 Å². The second-order valence-electron chi connectivity index (χ2n) is 4.81. The van der Waals surface area contributed by atoms with Crippen molar-refractivity contribution in [1.29, 1.82) is 0 Å². The quantitative estimate of drug-likeness (QED) is 0.869. The molecule has 4 nitrogen and oxygen atoms in total. The summed E-state index contributed by atoms with van der Waals surface area (Å²) in [4.78, 5) is 4.18. The molecule has 0 aliphatic heterocycles. The van der Waals surface area contributed by atoms with Gasteiger partial charge >= 0.3 is 6.01 Å². The second kappa shape index (κ2) is 4.16. The molecule has 0 saturated heterocycles. The van der Waals surface area contributed by atoms with E-state index in [4.69, 9.17) is 4.52 Å². The molecular formula is C12H14FN3O. The molecule has 0 fully saturated rings. The van der Waals surface area contributed by atoms with Gasteiger partial charge in [-0.15, -0.1) is 0 Å². The average molecular weight is 235 g/mol. The molecule has 0 saturated carbocycles. The molecule has 1 heterocycles. The van der Waals surface area contributed by atoms with Crippen molar-refractivity contribution >= 4 is 6.01 Å². The van der Waals surface area contributed by atoms with Gasteiger partial charge in [-0.2, -0.15) is 4.98 Å². The van der Waals surface area contributed by atoms with Crippen LogP contribution in [0.25, 0.3) is 11.4 Å². The van der Waals surface area contributed by atoms with Crippen molar-refractivity contribution in [1.82, 2.24) is 10.1 Å². The van der Waals surface area contributed by atoms with Crippen LogP contribution in [0.1, 0.15) is 20.8 Å². The zero-order chi connectivity index (χ0) is 12.5. The summed E-state index contributed by atoms with van der Waals surface area (Å²) >= 11 is 0. The molecule has 1 N–H and O–H groups in total. The highest BCUT2D eigenvalue weighted by molar-refractivity contribution is 5.55. The van der Waals surface area contributed by atoms with Crippen molar-refractivity contribution in [3.8, 4) is 11.4 Å². The van der Waals surface area contributed by atoms with E-state index >= 15 is 0 Å². The van der Waals surface area contributed by atoms with Crippen molar-refractivity contribution < 1.29 is 8.91 Å². The lowest BCUT2D eigenvalue weighted by molar-refractivity contribution is 0.420. The number of rotatable bonds is 2. The van der Waals surface area contributed by atoms with E-state index in [1.807, 2.05) is 20.8 Å². The molecule has 0 spiro atoms. The Morgan fingerprint density at radius 3 is 2.41 bits per heavy atom. The van der Waals surface area contributed by atoms with E-state index < -0.39 is 0 Å². The highest BCUT2D eigenvalue weighted by Crippen LogP contribution is 2.19. The first kappa shape index (κ1) is 11.6. The van der Waals surface area contributed by atoms with E-state index in [1.54, 1.807) is 12.1 Å². The van der Waals surface area contributed by atoms with Crippen molar-refractivity contribution in [2.45, 2.75) is 26.3 Å². The lowest BCUT2D eigenvalue weighted by Crippen LogP contribution is -2.26. The predicted octanol–water partition coefficient (Wildman–Crippen LogP) is 3.09. The first-order chi connectivity index (χ1) is 7.94. The molecule has 0 aliphatic rings. The van der Waals surface area contributed by atoms with Gasteiger partial charge in [0.25, 0.3) is 0 Å². The molecule has 0 atom stereocenters. The van der Waals surface area contributed by atoms with Gasteiger partial charge in [0.1, 0.15) is 5.82 Å². The molecule has 0 amide bonds. The van der Waals surface area contributed by atoms with Gasteiger partial charge in [0.15, 0.2) is 0 Å². The van der Waals surface area contributed by atoms with E-state index in [0.29, 0.717) is 11.8 Å². The number of nitrogens with one attached hydrogen (secondary N) is 1. The topological polar surface area (TPSA) is 51.0 Å². The highest BCUT2D eigenvalue weighted by atomic mass is 19.1. The maximum atomic E-state index is 12.8. The van der Waals surface area contributed by atoms with E-state index in [9.17, 15) is 4.39 Å². The molecule has 0 aliphatic carbocycles. The van der Waals surface area contributed by atoms with Gasteiger partial charge in [0.2, 0.25) is 5.82 Å². The Morgan fingerprint density at radius 2 is 1.82 bits per heavy atom. The third-order valence-corrected chi connectivity index (χ3v) is 2.01. The monoisotopic (exact) mass is 235 g/mol. The minimum Gasteiger partial charge on any atom is -0.333 e. The fraction of sp³-hybridized carbons (Fsp3) is 0.333. The van der Waals surface area contributed by atoms with Gasteiger partial charge < -0.3 is 9.84 Å². The summed E-state index contributed by atoms with van der Waals surface area (Å²) in [5, 5.41) is 6.90. The molecule has 1 aromatic heterocycles. The molecule has 90 valence electrons. The fourth-order valence-corrected chi connectivity index (χ4v) is 1.31. The summed E-state index contributed by atoms with van der Waals surface area (Å²) in [5.41, 5.74) is 0.573. The largest absolute Gasteiger partial charge is 0.333 e. The van der Waals surface area contributed by atoms with Crippen LogP contribution in [0.5, 0.6) is 0 Å². The Hall–Kier alpha value is -1.91. The molecule has 2 rings (SSSR count). The standard InChI is InChI=1S/C12H14FN3O/c1-12(2,3)15-11-14-10(16-17-11)8-4-6-9(13)7-5-8/h4-7H,1-3H3,(H,14,15,16). The van der Waals surface area contributed by atoms with Crippen LogP contribution in [0.2, 0.25) is 0 Å². The molecule has 17 heavy (non-hydrogen) atoms. The Bertz CT molecular complexity index is 499. The zero-order valence-corrected chi connectivity index (χ0v) is 9.99. The fourth-order valence-electron chi connectivity index (χ4n) is 1.31. The minimum atomic E-state index is -0.287. The predicted molar refractivity (Wildman–Crippen MR) is 63.1 cm³/mol. The third-order valence-electron chi connectivity index (χ3n) is 2.01. The van der Waals surface area contributed by atoms with E-state index in [-0.39, 0.29) is 11.4 Å². The van der Waals surface area contributed by atoms with Gasteiger partial charge in [-0.1, -0.05) is 5.16 Å². The zero-order valence-electron chi connectivity index (χ0n) is 9.99. The van der Waals surface area contributed by atoms with Crippen molar-refractivity contribution in [3.63, 3.8) is 0 Å². The summed E-state index contributed by atoms with van der Waals surface area (Å²) < 4.78 is 17.8. The van der Waals surface area contributed by atoms with Gasteiger partial charge in [0.05, 0.1) is 0 Å². The highest BCUT2D eigenvalue weighted by Gasteiger charge is 2.15. The SMILES string of the molecule is CC(C)(C)Nc1nc(-c2ccc(F)cc2)no1. The first-order valence-corrected chi connectivity index (χ1v) is 5.32. The number of halogens is 1. The summed E-state index contributed by atoms with van der Waals surface area (Å²) in [6, 6.07) is 6.31. The Morgan fingerprint density at radius 1 is 1.18 bits per heavy atom. The molecule has 0 radical (unpaired) electrons. The number of hydrogen-bond donors (Lipinski definition) is 1. The molecular weight excluding hydrogens is 221 g/mol. The van der Waals surface area contributed by atoms with E-state index in [1.165, 1.54) is 12.1 Å². The Balaban J connectivity index is 2.21. The second-order valence-corrected chi connectivity index (χ2v) is 4.81. The van der Waals surface area contributed by atoms with E-state index in [2.05, 4.69) is 15.5 Å². The molecule has 0 bridgehead atoms. The summed E-state index contributed by atoms with van der Waals surface area (Å²) in [5.74, 6) is 0.155. The molecule has 0 unspecified atom stereocenters. The lowest BCUT2D eigenvalue weighted by Gasteiger charge is -2.17. The summed E-state index contributed by atoms with van der Waals surface area (Å²) in [6.07, 6.45) is 0. The van der Waals surface area contributed by atoms with Gasteiger partial charge in [0, 0.05) is 11.1 Å². The van der Waals surface area contributed by atoms with Crippen LogP contribution in [0.3, 0.4) is 0 Å². The van der Waals surface area contributed by atoms with Crippen molar-refractivity contribution in [3.05, 3.63) is 30.1 Å². The number of nitrogens with zero attached hydrogens (tertiary/aromatic N) is 2. The maximum absolute atomic E-state index is 12.8. The van der Waals surface area contributed by atoms with Crippen molar-refractivity contribution in [2.75, 3.05) is 5.32 Å². The number of hydrogen-bond acceptors (Lipinski definition) is 4. The Kier molecular flexibility index (Phi) is 2.83. The molecule has 1 aromatic carbocycles. The van der Waals surface area contributed by atoms with Crippen LogP contribution >= 0.6 is 0 Å². The minimum absolute atomic E-state index is 0.146. The molecule has 5 heteroatoms. The van der Waals surface area contributed by atoms with Gasteiger partial charge in [-0.05, 0) is 45.0 Å². The van der Waals surface area contributed by atoms with Crippen LogP contribution in [0, 0.1) is 5.82 Å². The average Bonchev–Trinajstić information content (AvgIpc) is 2.64. The van der Waals surface area contributed by atoms with Crippen LogP contribution in [-0.2, 0) is 0 Å². The number of benzene rings is 1. The number of aromatic nitrogens is 2. The first-order valence-electron chi connectivity index (χ1n) is 5.32. The van der Waals surface area contributed by atoms with Crippen LogP contribution in [0.4, 0.5) is 10.4 Å².